The second kappa shape index (κ2) is 4.81. The van der Waals surface area contributed by atoms with E-state index < -0.39 is 20.1 Å². The molecule has 0 aliphatic carbocycles. The van der Waals surface area contributed by atoms with Crippen molar-refractivity contribution in [1.29, 1.82) is 0 Å². The molecule has 0 spiro atoms. The third-order valence-corrected chi connectivity index (χ3v) is 2.32. The number of phenols is 1. The average molecular weight is 315 g/mol. The van der Waals surface area contributed by atoms with Crippen LogP contribution < -0.4 is 3.02 Å². The van der Waals surface area contributed by atoms with Crippen LogP contribution in [0.2, 0.25) is 0 Å². The summed E-state index contributed by atoms with van der Waals surface area (Å²) < 4.78 is 31.6. The minimum atomic E-state index is -5.42. The number of rotatable bonds is 2. The molecule has 0 heterocycles. The molecule has 74 valence electrons. The Morgan fingerprint density at radius 3 is 2.23 bits per heavy atom. The van der Waals surface area contributed by atoms with E-state index in [1.54, 1.807) is 0 Å². The standard InChI is InChI=1S/C6H6O2.2H2O.O.H2S.Sb/c7-5-3-1-2-4-6(5)8;;;;;/h1-4,7-8H;2*1H2;;1H2;/q;;;;;+3/p-3. The van der Waals surface area contributed by atoms with Crippen LogP contribution in [-0.4, -0.2) is 31.9 Å². The van der Waals surface area contributed by atoms with Crippen molar-refractivity contribution in [3.8, 4) is 11.5 Å². The van der Waals surface area contributed by atoms with Gasteiger partial charge in [0, 0.05) is 0 Å². The van der Waals surface area contributed by atoms with E-state index >= 15 is 0 Å². The molecule has 0 atom stereocenters. The van der Waals surface area contributed by atoms with E-state index in [2.05, 4.69) is 3.02 Å². The van der Waals surface area contributed by atoms with Crippen molar-refractivity contribution in [2.24, 2.45) is 0 Å². The topological polar surface area (TPSA) is 87.0 Å². The van der Waals surface area contributed by atoms with Gasteiger partial charge in [0.25, 0.3) is 0 Å². The van der Waals surface area contributed by atoms with Gasteiger partial charge in [-0.2, -0.15) is 13.5 Å². The van der Waals surface area contributed by atoms with E-state index in [0.717, 1.165) is 0 Å². The van der Waals surface area contributed by atoms with Crippen LogP contribution in [0.3, 0.4) is 0 Å². The molecular formula is C6H9O5SSb. The molecule has 1 rings (SSSR count). The van der Waals surface area contributed by atoms with Crippen LogP contribution >= 0.6 is 13.5 Å². The normalized spacial score (nSPS) is 10.3. The Morgan fingerprint density at radius 1 is 1.23 bits per heavy atom. The fourth-order valence-electron chi connectivity index (χ4n) is 0.662. The van der Waals surface area contributed by atoms with Crippen molar-refractivity contribution >= 4 is 33.6 Å². The first-order chi connectivity index (χ1) is 5.49. The summed E-state index contributed by atoms with van der Waals surface area (Å²) in [7, 11) is 0. The van der Waals surface area contributed by atoms with Gasteiger partial charge in [0.1, 0.15) is 0 Å². The van der Waals surface area contributed by atoms with Gasteiger partial charge in [-0.15, -0.1) is 0 Å². The Hall–Kier alpha value is -0.292. The molecule has 1 aromatic rings. The molecule has 0 fully saturated rings. The molecule has 13 heavy (non-hydrogen) atoms. The van der Waals surface area contributed by atoms with Gasteiger partial charge in [0.2, 0.25) is 0 Å². The van der Waals surface area contributed by atoms with Gasteiger partial charge >= 0.3 is 73.7 Å². The summed E-state index contributed by atoms with van der Waals surface area (Å²) in [5.41, 5.74) is 0. The molecule has 7 heteroatoms. The van der Waals surface area contributed by atoms with E-state index in [9.17, 15) is 3.02 Å². The number of aromatic hydroxyl groups is 1. The Balaban J connectivity index is 0.00000144. The summed E-state index contributed by atoms with van der Waals surface area (Å²) in [4.78, 5) is 0. The van der Waals surface area contributed by atoms with Gasteiger partial charge in [-0.3, -0.25) is 0 Å². The van der Waals surface area contributed by atoms with E-state index in [-0.39, 0.29) is 25.0 Å². The zero-order valence-corrected chi connectivity index (χ0v) is 9.97. The molecular weight excluding hydrogens is 306 g/mol. The molecule has 0 bridgehead atoms. The van der Waals surface area contributed by atoms with Crippen LogP contribution in [0, 0.1) is 0 Å². The first-order valence-corrected chi connectivity index (χ1v) is 7.39. The molecule has 5 nitrogen and oxygen atoms in total. The number of hydrogen-bond acceptors (Lipinski definition) is 3. The summed E-state index contributed by atoms with van der Waals surface area (Å²) in [5, 5.41) is 9.02. The summed E-state index contributed by atoms with van der Waals surface area (Å²) in [6, 6.07) is 5.59. The van der Waals surface area contributed by atoms with Gasteiger partial charge in [-0.25, -0.2) is 0 Å². The molecule has 0 saturated heterocycles. The Labute approximate surface area is 87.1 Å². The quantitative estimate of drug-likeness (QED) is 0.654. The van der Waals surface area contributed by atoms with E-state index in [4.69, 9.17) is 11.9 Å². The number of para-hydroxylation sites is 2. The molecule has 0 radical (unpaired) electrons. The van der Waals surface area contributed by atoms with Gasteiger partial charge in [-0.1, -0.05) is 0 Å². The van der Waals surface area contributed by atoms with Crippen molar-refractivity contribution in [1.82, 2.24) is 0 Å². The summed E-state index contributed by atoms with van der Waals surface area (Å²) >= 11 is -5.42. The first-order valence-electron chi connectivity index (χ1n) is 3.02. The van der Waals surface area contributed by atoms with Crippen molar-refractivity contribution in [2.45, 2.75) is 0 Å². The van der Waals surface area contributed by atoms with Crippen LogP contribution in [0.5, 0.6) is 11.5 Å². The molecule has 0 aliphatic heterocycles. The van der Waals surface area contributed by atoms with Crippen molar-refractivity contribution in [3.05, 3.63) is 24.3 Å². The van der Waals surface area contributed by atoms with Gasteiger partial charge < -0.3 is 0 Å². The number of phenolic OH excluding ortho intramolecular Hbond substituents is 1. The van der Waals surface area contributed by atoms with Crippen molar-refractivity contribution < 1.29 is 17.9 Å². The van der Waals surface area contributed by atoms with E-state index in [1.807, 2.05) is 0 Å². The van der Waals surface area contributed by atoms with Crippen LogP contribution in [0.25, 0.3) is 0 Å². The average Bonchev–Trinajstić information content (AvgIpc) is 1.91. The van der Waals surface area contributed by atoms with Crippen LogP contribution in [0.15, 0.2) is 24.3 Å². The van der Waals surface area contributed by atoms with Gasteiger partial charge in [0.05, 0.1) is 0 Å². The maximum absolute atomic E-state index is 10.4. The van der Waals surface area contributed by atoms with Gasteiger partial charge in [0.15, 0.2) is 0 Å². The molecule has 0 aromatic heterocycles. The van der Waals surface area contributed by atoms with Crippen molar-refractivity contribution in [3.63, 3.8) is 0 Å². The molecule has 0 unspecified atom stereocenters. The van der Waals surface area contributed by atoms with Crippen LogP contribution in [0.4, 0.5) is 0 Å². The van der Waals surface area contributed by atoms with E-state index in [0.29, 0.717) is 0 Å². The number of hydrogen-bond donors (Lipinski definition) is 3. The Morgan fingerprint density at radius 2 is 1.77 bits per heavy atom. The molecule has 0 saturated carbocycles. The zero-order chi connectivity index (χ0) is 9.19. The fourth-order valence-corrected chi connectivity index (χ4v) is 1.83. The Bertz CT molecular complexity index is 323. The maximum atomic E-state index is 10.4. The monoisotopic (exact) mass is 314 g/mol. The van der Waals surface area contributed by atoms with Gasteiger partial charge in [-0.05, 0) is 0 Å². The summed E-state index contributed by atoms with van der Waals surface area (Å²) in [5.74, 6) is -0.474. The zero-order valence-electron chi connectivity index (χ0n) is 6.41. The van der Waals surface area contributed by atoms with E-state index in [1.165, 1.54) is 24.3 Å². The SMILES string of the molecule is S.[O]=[Sb]([OH])([OH])[O]c1ccccc1O. The predicted molar refractivity (Wildman–Crippen MR) is 50.0 cm³/mol. The molecule has 3 N–H and O–H groups in total. The third kappa shape index (κ3) is 4.47. The Kier molecular flexibility index (Phi) is 4.70. The fraction of sp³-hybridized carbons (Fsp3) is 0. The molecule has 1 aromatic carbocycles. The van der Waals surface area contributed by atoms with Crippen LogP contribution in [0.1, 0.15) is 0 Å². The first kappa shape index (κ1) is 12.7. The second-order valence-electron chi connectivity index (χ2n) is 2.05. The van der Waals surface area contributed by atoms with Crippen LogP contribution in [-0.2, 0) is 3.02 Å². The van der Waals surface area contributed by atoms with Crippen molar-refractivity contribution in [2.75, 3.05) is 0 Å². The minimum absolute atomic E-state index is 0. The number of benzene rings is 1. The summed E-state index contributed by atoms with van der Waals surface area (Å²) in [6.07, 6.45) is 0. The summed E-state index contributed by atoms with van der Waals surface area (Å²) in [6.45, 7) is 0. The second-order valence-corrected chi connectivity index (χ2v) is 5.37. The molecule has 0 amide bonds. The third-order valence-electron chi connectivity index (χ3n) is 1.08. The molecule has 0 aliphatic rings. The predicted octanol–water partition coefficient (Wildman–Crippen LogP) is -0.266.